The van der Waals surface area contributed by atoms with Crippen molar-refractivity contribution in [2.45, 2.75) is 19.4 Å². The molecule has 1 atom stereocenters. The summed E-state index contributed by atoms with van der Waals surface area (Å²) in [6.45, 7) is 1.83. The highest BCUT2D eigenvalue weighted by Gasteiger charge is 2.31. The molecule has 6 nitrogen and oxygen atoms in total. The number of carbonyl (C=O) groups excluding carboxylic acids is 1. The molecule has 0 saturated heterocycles. The van der Waals surface area contributed by atoms with Crippen molar-refractivity contribution < 1.29 is 23.7 Å². The molecular formula is C23H21NO5. The molecule has 29 heavy (non-hydrogen) atoms. The van der Waals surface area contributed by atoms with Gasteiger partial charge in [-0.05, 0) is 42.1 Å². The zero-order valence-corrected chi connectivity index (χ0v) is 16.5. The molecular weight excluding hydrogens is 370 g/mol. The Balaban J connectivity index is 1.79. The Bertz CT molecular complexity index is 1150. The Morgan fingerprint density at radius 1 is 1.07 bits per heavy atom. The first-order valence-corrected chi connectivity index (χ1v) is 9.48. The van der Waals surface area contributed by atoms with Gasteiger partial charge in [0.05, 0.1) is 25.9 Å². The second kappa shape index (κ2) is 6.58. The molecule has 3 aromatic carbocycles. The lowest BCUT2D eigenvalue weighted by molar-refractivity contribution is -0.117. The van der Waals surface area contributed by atoms with E-state index in [9.17, 15) is 4.79 Å². The lowest BCUT2D eigenvalue weighted by atomic mass is 9.85. The summed E-state index contributed by atoms with van der Waals surface area (Å²) in [4.78, 5) is 12.1. The number of benzene rings is 3. The summed E-state index contributed by atoms with van der Waals surface area (Å²) in [6, 6.07) is 11.9. The monoisotopic (exact) mass is 391 g/mol. The third kappa shape index (κ3) is 2.67. The Morgan fingerprint density at radius 2 is 1.83 bits per heavy atom. The van der Waals surface area contributed by atoms with Crippen LogP contribution in [0.4, 0.5) is 5.69 Å². The number of rotatable bonds is 4. The Kier molecular flexibility index (Phi) is 4.01. The van der Waals surface area contributed by atoms with Gasteiger partial charge in [-0.3, -0.25) is 4.79 Å². The number of fused-ring (bicyclic) bond motifs is 6. The predicted octanol–water partition coefficient (Wildman–Crippen LogP) is 4.70. The van der Waals surface area contributed by atoms with Gasteiger partial charge in [0.25, 0.3) is 0 Å². The lowest BCUT2D eigenvalue weighted by Gasteiger charge is -2.32. The fourth-order valence-corrected chi connectivity index (χ4v) is 4.31. The molecule has 0 fully saturated rings. The van der Waals surface area contributed by atoms with E-state index >= 15 is 0 Å². The van der Waals surface area contributed by atoms with Crippen molar-refractivity contribution in [3.63, 3.8) is 0 Å². The summed E-state index contributed by atoms with van der Waals surface area (Å²) in [5.74, 6) is 2.88. The maximum atomic E-state index is 12.1. The zero-order valence-electron chi connectivity index (χ0n) is 16.5. The highest BCUT2D eigenvalue weighted by Crippen LogP contribution is 2.51. The molecule has 2 heterocycles. The smallest absolute Gasteiger partial charge is 0.231 e. The molecule has 3 aromatic rings. The number of hydrogen-bond acceptors (Lipinski definition) is 6. The second-order valence-electron chi connectivity index (χ2n) is 7.28. The van der Waals surface area contributed by atoms with E-state index in [0.29, 0.717) is 17.9 Å². The minimum absolute atomic E-state index is 0.0969. The van der Waals surface area contributed by atoms with Crippen molar-refractivity contribution in [1.29, 1.82) is 0 Å². The van der Waals surface area contributed by atoms with Gasteiger partial charge in [-0.1, -0.05) is 12.1 Å². The van der Waals surface area contributed by atoms with Crippen LogP contribution in [-0.4, -0.2) is 26.8 Å². The topological polar surface area (TPSA) is 66.0 Å². The van der Waals surface area contributed by atoms with E-state index in [2.05, 4.69) is 17.4 Å². The number of methoxy groups -OCH3 is 2. The van der Waals surface area contributed by atoms with Gasteiger partial charge in [0.15, 0.2) is 23.0 Å². The van der Waals surface area contributed by atoms with Crippen LogP contribution in [-0.2, 0) is 4.79 Å². The summed E-state index contributed by atoms with van der Waals surface area (Å²) >= 11 is 0. The molecule has 0 saturated carbocycles. The molecule has 0 unspecified atom stereocenters. The summed E-state index contributed by atoms with van der Waals surface area (Å²) in [5.41, 5.74) is 4.00. The van der Waals surface area contributed by atoms with Gasteiger partial charge in [-0.2, -0.15) is 0 Å². The minimum Gasteiger partial charge on any atom is -0.493 e. The van der Waals surface area contributed by atoms with E-state index in [4.69, 9.17) is 18.9 Å². The lowest BCUT2D eigenvalue weighted by Crippen LogP contribution is -2.20. The molecule has 6 heteroatoms. The van der Waals surface area contributed by atoms with Gasteiger partial charge in [0.2, 0.25) is 6.79 Å². The average molecular weight is 391 g/mol. The maximum Gasteiger partial charge on any atom is 0.231 e. The van der Waals surface area contributed by atoms with Crippen molar-refractivity contribution in [2.24, 2.45) is 0 Å². The van der Waals surface area contributed by atoms with Crippen LogP contribution < -0.4 is 24.3 Å². The van der Waals surface area contributed by atoms with Gasteiger partial charge in [0.1, 0.15) is 5.78 Å². The number of carbonyl (C=O) groups is 1. The molecule has 0 aromatic heterocycles. The molecule has 1 N–H and O–H groups in total. The second-order valence-corrected chi connectivity index (χ2v) is 7.28. The Hall–Kier alpha value is -3.41. The average Bonchev–Trinajstić information content (AvgIpc) is 3.18. The molecule has 0 bridgehead atoms. The number of Topliss-reactive ketones (excluding diaryl/α,β-unsaturated/α-hetero) is 1. The number of ether oxygens (including phenoxy) is 4. The molecule has 148 valence electrons. The first kappa shape index (κ1) is 17.7. The van der Waals surface area contributed by atoms with Crippen molar-refractivity contribution in [2.75, 3.05) is 26.3 Å². The van der Waals surface area contributed by atoms with Crippen LogP contribution in [0, 0.1) is 0 Å². The normalized spacial score (nSPS) is 16.0. The van der Waals surface area contributed by atoms with Crippen molar-refractivity contribution in [3.8, 4) is 34.1 Å². The van der Waals surface area contributed by atoms with Crippen LogP contribution in [0.5, 0.6) is 23.0 Å². The molecule has 5 rings (SSSR count). The largest absolute Gasteiger partial charge is 0.493 e. The quantitative estimate of drug-likeness (QED) is 0.696. The number of nitrogens with one attached hydrogen (secondary N) is 1. The summed E-state index contributed by atoms with van der Waals surface area (Å²) in [5, 5.41) is 5.67. The van der Waals surface area contributed by atoms with Crippen LogP contribution in [0.25, 0.3) is 21.9 Å². The Labute approximate surface area is 168 Å². The molecule has 0 aliphatic carbocycles. The number of hydrogen-bond donors (Lipinski definition) is 1. The number of anilines is 1. The van der Waals surface area contributed by atoms with Crippen LogP contribution >= 0.6 is 0 Å². The van der Waals surface area contributed by atoms with E-state index in [1.165, 1.54) is 0 Å². The van der Waals surface area contributed by atoms with E-state index < -0.39 is 0 Å². The minimum atomic E-state index is -0.226. The van der Waals surface area contributed by atoms with Gasteiger partial charge >= 0.3 is 0 Å². The zero-order chi connectivity index (χ0) is 20.1. The summed E-state index contributed by atoms with van der Waals surface area (Å²) in [7, 11) is 3.24. The first-order chi connectivity index (χ1) is 14.1. The van der Waals surface area contributed by atoms with Crippen LogP contribution in [0.1, 0.15) is 24.9 Å². The first-order valence-electron chi connectivity index (χ1n) is 9.48. The molecule has 0 spiro atoms. The Morgan fingerprint density at radius 3 is 2.55 bits per heavy atom. The fourth-order valence-electron chi connectivity index (χ4n) is 4.31. The fraction of sp³-hybridized carbons (Fsp3) is 0.261. The van der Waals surface area contributed by atoms with Crippen molar-refractivity contribution in [1.82, 2.24) is 0 Å². The molecule has 2 aliphatic heterocycles. The van der Waals surface area contributed by atoms with Gasteiger partial charge in [-0.25, -0.2) is 0 Å². The predicted molar refractivity (Wildman–Crippen MR) is 110 cm³/mol. The maximum absolute atomic E-state index is 12.1. The van der Waals surface area contributed by atoms with E-state index in [-0.39, 0.29) is 18.6 Å². The standard InChI is InChI=1S/C23H21NO5/c1-12(25)8-17-21-14(6-7-18(26-2)23(21)27-3)15-5-4-13-9-19-20(29-11-28-19)10-16(13)22(15)24-17/h4-7,9-10,17,24H,8,11H2,1-3H3/t17-/m0/s1. The summed E-state index contributed by atoms with van der Waals surface area (Å²) < 4.78 is 22.3. The van der Waals surface area contributed by atoms with E-state index in [1.54, 1.807) is 21.1 Å². The molecule has 2 aliphatic rings. The van der Waals surface area contributed by atoms with Gasteiger partial charge < -0.3 is 24.3 Å². The van der Waals surface area contributed by atoms with E-state index in [0.717, 1.165) is 44.6 Å². The third-order valence-corrected chi connectivity index (χ3v) is 5.55. The highest BCUT2D eigenvalue weighted by molar-refractivity contribution is 6.05. The SMILES string of the molecule is COc1ccc2c(c1OC)[C@H](CC(C)=O)Nc1c-2ccc2cc3c(cc12)OCO3. The highest BCUT2D eigenvalue weighted by atomic mass is 16.7. The van der Waals surface area contributed by atoms with E-state index in [1.807, 2.05) is 24.3 Å². The van der Waals surface area contributed by atoms with Gasteiger partial charge in [0, 0.05) is 22.9 Å². The van der Waals surface area contributed by atoms with Crippen molar-refractivity contribution >= 4 is 22.2 Å². The molecule has 0 radical (unpaired) electrons. The summed E-state index contributed by atoms with van der Waals surface area (Å²) in [6.07, 6.45) is 0.344. The van der Waals surface area contributed by atoms with Crippen LogP contribution in [0.3, 0.4) is 0 Å². The third-order valence-electron chi connectivity index (χ3n) is 5.55. The van der Waals surface area contributed by atoms with Crippen molar-refractivity contribution in [3.05, 3.63) is 42.0 Å². The van der Waals surface area contributed by atoms with Crippen LogP contribution in [0.2, 0.25) is 0 Å². The molecule has 0 amide bonds. The van der Waals surface area contributed by atoms with Gasteiger partial charge in [-0.15, -0.1) is 0 Å². The number of ketones is 1. The van der Waals surface area contributed by atoms with Crippen LogP contribution in [0.15, 0.2) is 36.4 Å².